The molecule has 1 saturated heterocycles. The van der Waals surface area contributed by atoms with Crippen LogP contribution in [0.2, 0.25) is 0 Å². The molecule has 1 fully saturated rings. The van der Waals surface area contributed by atoms with Gasteiger partial charge in [-0.1, -0.05) is 51.1 Å². The molecule has 0 aliphatic carbocycles. The van der Waals surface area contributed by atoms with Crippen molar-refractivity contribution in [3.05, 3.63) is 47.8 Å². The number of carbonyl (C=O) groups is 5. The average molecular weight is 613 g/mol. The summed E-state index contributed by atoms with van der Waals surface area (Å²) in [4.78, 5) is 67.0. The molecule has 11 nitrogen and oxygen atoms in total. The highest BCUT2D eigenvalue weighted by molar-refractivity contribution is 5.97. The zero-order valence-electron chi connectivity index (χ0n) is 27.2. The first-order valence-corrected chi connectivity index (χ1v) is 15.8. The van der Waals surface area contributed by atoms with Crippen LogP contribution in [-0.4, -0.2) is 61.1 Å². The SMILES string of the molecule is C/C=C(\NC)NCCC[C@@H]1CC(=O)[C@](C)(NC(=O)C(C)C)CCCCNC(=O)[C@@H](c2ccccc2)NC(=O)[C@H](CC)NC1=O. The van der Waals surface area contributed by atoms with E-state index < -0.39 is 35.4 Å². The van der Waals surface area contributed by atoms with Crippen molar-refractivity contribution in [2.24, 2.45) is 11.8 Å². The van der Waals surface area contributed by atoms with Crippen LogP contribution in [0.15, 0.2) is 42.2 Å². The molecule has 4 amide bonds. The van der Waals surface area contributed by atoms with Gasteiger partial charge in [0, 0.05) is 38.4 Å². The van der Waals surface area contributed by atoms with Crippen LogP contribution in [0.5, 0.6) is 0 Å². The molecule has 2 rings (SSSR count). The van der Waals surface area contributed by atoms with Crippen molar-refractivity contribution in [1.82, 2.24) is 31.9 Å². The number of benzene rings is 1. The molecule has 11 heteroatoms. The molecule has 1 aromatic rings. The number of hydrogen-bond donors (Lipinski definition) is 6. The molecule has 1 aliphatic heterocycles. The fourth-order valence-electron chi connectivity index (χ4n) is 5.12. The maximum absolute atomic E-state index is 13.9. The van der Waals surface area contributed by atoms with Gasteiger partial charge in [0.25, 0.3) is 0 Å². The van der Waals surface area contributed by atoms with Crippen LogP contribution >= 0.6 is 0 Å². The zero-order valence-corrected chi connectivity index (χ0v) is 27.2. The highest BCUT2D eigenvalue weighted by Crippen LogP contribution is 2.24. The van der Waals surface area contributed by atoms with Gasteiger partial charge >= 0.3 is 0 Å². The van der Waals surface area contributed by atoms with E-state index in [0.29, 0.717) is 50.8 Å². The van der Waals surface area contributed by atoms with E-state index in [9.17, 15) is 24.0 Å². The van der Waals surface area contributed by atoms with Crippen LogP contribution in [0, 0.1) is 11.8 Å². The largest absolute Gasteiger partial charge is 0.375 e. The quantitative estimate of drug-likeness (QED) is 0.222. The van der Waals surface area contributed by atoms with Crippen molar-refractivity contribution in [3.63, 3.8) is 0 Å². The third kappa shape index (κ3) is 11.0. The van der Waals surface area contributed by atoms with Gasteiger partial charge in [0.15, 0.2) is 5.78 Å². The second-order valence-corrected chi connectivity index (χ2v) is 11.9. The number of Topliss-reactive ketones (excluding diaryl/α,β-unsaturated/α-hetero) is 1. The van der Waals surface area contributed by atoms with Gasteiger partial charge in [0.2, 0.25) is 23.6 Å². The molecule has 0 spiro atoms. The standard InChI is InChI=1S/C33H52N6O5/c1-7-25-31(43)38-28(23-15-10-9-11-16-23)32(44)36-19-13-12-18-33(5,39-29(41)22(3)4)26(40)21-24(30(42)37-25)17-14-20-35-27(8-2)34-6/h8-11,15-16,22,24-25,28,34-35H,7,12-14,17-21H2,1-6H3,(H,36,44)(H,37,42)(H,38,43)(H,39,41)/b27-8+/t24-,25+,28-,33-/m1/s1. The Balaban J connectivity index is 2.40. The molecule has 1 heterocycles. The van der Waals surface area contributed by atoms with Gasteiger partial charge in [-0.25, -0.2) is 0 Å². The van der Waals surface area contributed by atoms with Crippen LogP contribution in [-0.2, 0) is 24.0 Å². The van der Waals surface area contributed by atoms with Crippen molar-refractivity contribution in [1.29, 1.82) is 0 Å². The fourth-order valence-corrected chi connectivity index (χ4v) is 5.12. The minimum Gasteiger partial charge on any atom is -0.375 e. The first-order valence-electron chi connectivity index (χ1n) is 15.8. The molecule has 0 aromatic heterocycles. The van der Waals surface area contributed by atoms with Crippen LogP contribution in [0.4, 0.5) is 0 Å². The Hall–Kier alpha value is -3.89. The maximum Gasteiger partial charge on any atom is 0.247 e. The second-order valence-electron chi connectivity index (χ2n) is 11.9. The lowest BCUT2D eigenvalue weighted by Gasteiger charge is -2.32. The summed E-state index contributed by atoms with van der Waals surface area (Å²) in [6.07, 6.45) is 4.58. The van der Waals surface area contributed by atoms with Crippen LogP contribution in [0.1, 0.15) is 91.2 Å². The Morgan fingerprint density at radius 1 is 1.05 bits per heavy atom. The molecule has 0 radical (unpaired) electrons. The molecule has 6 N–H and O–H groups in total. The summed E-state index contributed by atoms with van der Waals surface area (Å²) in [5.41, 5.74) is -0.556. The highest BCUT2D eigenvalue weighted by atomic mass is 16.2. The Labute approximate surface area is 262 Å². The number of ketones is 1. The normalized spacial score (nSPS) is 24.6. The first-order chi connectivity index (χ1) is 20.9. The Kier molecular flexibility index (Phi) is 14.9. The minimum absolute atomic E-state index is 0.0787. The van der Waals surface area contributed by atoms with Gasteiger partial charge in [0.1, 0.15) is 12.1 Å². The van der Waals surface area contributed by atoms with Gasteiger partial charge in [0.05, 0.1) is 11.4 Å². The smallest absolute Gasteiger partial charge is 0.247 e. The fraction of sp³-hybridized carbons (Fsp3) is 0.606. The lowest BCUT2D eigenvalue weighted by Crippen LogP contribution is -2.55. The summed E-state index contributed by atoms with van der Waals surface area (Å²) in [5, 5.41) is 17.8. The molecule has 0 bridgehead atoms. The Morgan fingerprint density at radius 3 is 2.36 bits per heavy atom. The van der Waals surface area contributed by atoms with Gasteiger partial charge < -0.3 is 31.9 Å². The number of hydrogen-bond acceptors (Lipinski definition) is 7. The first kappa shape index (κ1) is 36.3. The number of nitrogens with one attached hydrogen (secondary N) is 6. The summed E-state index contributed by atoms with van der Waals surface area (Å²) < 4.78 is 0. The predicted octanol–water partition coefficient (Wildman–Crippen LogP) is 2.60. The van der Waals surface area contributed by atoms with Gasteiger partial charge in [-0.2, -0.15) is 0 Å². The molecule has 4 atom stereocenters. The van der Waals surface area contributed by atoms with Crippen LogP contribution in [0.3, 0.4) is 0 Å². The van der Waals surface area contributed by atoms with E-state index in [0.717, 1.165) is 5.82 Å². The van der Waals surface area contributed by atoms with E-state index in [4.69, 9.17) is 0 Å². The Bertz CT molecular complexity index is 1150. The van der Waals surface area contributed by atoms with Crippen molar-refractivity contribution < 1.29 is 24.0 Å². The number of rotatable bonds is 10. The summed E-state index contributed by atoms with van der Waals surface area (Å²) in [5.74, 6) is -1.92. The summed E-state index contributed by atoms with van der Waals surface area (Å²) in [6, 6.07) is 7.13. The predicted molar refractivity (Wildman–Crippen MR) is 171 cm³/mol. The van der Waals surface area contributed by atoms with E-state index >= 15 is 0 Å². The van der Waals surface area contributed by atoms with Crippen molar-refractivity contribution in [2.45, 2.75) is 97.2 Å². The average Bonchev–Trinajstić information content (AvgIpc) is 3.01. The number of allylic oxidation sites excluding steroid dienone is 1. The monoisotopic (exact) mass is 612 g/mol. The van der Waals surface area contributed by atoms with Crippen molar-refractivity contribution in [3.8, 4) is 0 Å². The van der Waals surface area contributed by atoms with E-state index in [1.54, 1.807) is 52.0 Å². The van der Waals surface area contributed by atoms with Crippen molar-refractivity contribution >= 4 is 29.4 Å². The molecular weight excluding hydrogens is 560 g/mol. The topological polar surface area (TPSA) is 158 Å². The lowest BCUT2D eigenvalue weighted by molar-refractivity contribution is -0.137. The molecule has 244 valence electrons. The molecule has 1 aliphatic rings. The number of amides is 4. The van der Waals surface area contributed by atoms with E-state index in [1.807, 2.05) is 26.1 Å². The molecular formula is C33H52N6O5. The summed E-state index contributed by atoms with van der Waals surface area (Å²) in [6.45, 7) is 9.84. The van der Waals surface area contributed by atoms with Crippen molar-refractivity contribution in [2.75, 3.05) is 20.1 Å². The van der Waals surface area contributed by atoms with Gasteiger partial charge in [-0.15, -0.1) is 0 Å². The second kappa shape index (κ2) is 18.0. The van der Waals surface area contributed by atoms with E-state index in [2.05, 4.69) is 31.9 Å². The van der Waals surface area contributed by atoms with E-state index in [1.165, 1.54) is 0 Å². The van der Waals surface area contributed by atoms with Crippen LogP contribution < -0.4 is 31.9 Å². The van der Waals surface area contributed by atoms with Crippen LogP contribution in [0.25, 0.3) is 0 Å². The minimum atomic E-state index is -1.18. The van der Waals surface area contributed by atoms with Gasteiger partial charge in [-0.05, 0) is 64.0 Å². The maximum atomic E-state index is 13.9. The number of carbonyl (C=O) groups excluding carboxylic acids is 5. The summed E-state index contributed by atoms with van der Waals surface area (Å²) in [7, 11) is 1.81. The third-order valence-corrected chi connectivity index (χ3v) is 8.07. The summed E-state index contributed by atoms with van der Waals surface area (Å²) >= 11 is 0. The molecule has 44 heavy (non-hydrogen) atoms. The zero-order chi connectivity index (χ0) is 32.7. The highest BCUT2D eigenvalue weighted by Gasteiger charge is 2.38. The van der Waals surface area contributed by atoms with E-state index in [-0.39, 0.29) is 36.4 Å². The molecule has 0 saturated carbocycles. The molecule has 1 aromatic carbocycles. The lowest BCUT2D eigenvalue weighted by atomic mass is 9.83. The third-order valence-electron chi connectivity index (χ3n) is 8.07. The van der Waals surface area contributed by atoms with Gasteiger partial charge in [-0.3, -0.25) is 24.0 Å². The molecule has 0 unspecified atom stereocenters. The Morgan fingerprint density at radius 2 is 1.75 bits per heavy atom.